The van der Waals surface area contributed by atoms with Gasteiger partial charge < -0.3 is 14.2 Å². The van der Waals surface area contributed by atoms with Gasteiger partial charge in [0.25, 0.3) is 5.56 Å². The van der Waals surface area contributed by atoms with Gasteiger partial charge in [0.2, 0.25) is 0 Å². The van der Waals surface area contributed by atoms with Crippen molar-refractivity contribution in [3.05, 3.63) is 87.8 Å². The molecule has 0 atom stereocenters. The molecule has 0 saturated heterocycles. The van der Waals surface area contributed by atoms with Crippen LogP contribution in [0.3, 0.4) is 0 Å². The van der Waals surface area contributed by atoms with Crippen molar-refractivity contribution in [1.82, 2.24) is 14.6 Å². The van der Waals surface area contributed by atoms with E-state index in [1.54, 1.807) is 12.1 Å². The lowest BCUT2D eigenvalue weighted by Crippen LogP contribution is -2.15. The van der Waals surface area contributed by atoms with Gasteiger partial charge in [0.05, 0.1) is 25.5 Å². The van der Waals surface area contributed by atoms with Crippen LogP contribution in [0.1, 0.15) is 26.4 Å². The van der Waals surface area contributed by atoms with Crippen LogP contribution in [0.15, 0.2) is 65.5 Å². The van der Waals surface area contributed by atoms with Gasteiger partial charge in [-0.25, -0.2) is 19.1 Å². The molecule has 0 amide bonds. The van der Waals surface area contributed by atoms with Crippen LogP contribution in [-0.4, -0.2) is 40.8 Å². The molecule has 2 aromatic heterocycles. The summed E-state index contributed by atoms with van der Waals surface area (Å²) in [5.41, 5.74) is 2.19. The highest BCUT2D eigenvalue weighted by atomic mass is 16.5. The topological polar surface area (TPSA) is 112 Å². The van der Waals surface area contributed by atoms with Gasteiger partial charge in [-0.05, 0) is 12.1 Å². The lowest BCUT2D eigenvalue weighted by Gasteiger charge is -2.10. The standard InChI is InChI=1S/C23H19N3O6/c1-30-19-10-15(22(28)31-2)8-9-16(19)13-32-23(29)18-11-20-24-17(12-21(27)26(20)25-18)14-6-4-3-5-7-14/h3-12,25H,13H2,1-2H3. The molecular weight excluding hydrogens is 414 g/mol. The van der Waals surface area contributed by atoms with Crippen molar-refractivity contribution in [2.45, 2.75) is 6.61 Å². The van der Waals surface area contributed by atoms with Crippen molar-refractivity contribution < 1.29 is 23.8 Å². The van der Waals surface area contributed by atoms with Gasteiger partial charge in [-0.3, -0.25) is 9.89 Å². The van der Waals surface area contributed by atoms with E-state index in [4.69, 9.17) is 9.47 Å². The minimum absolute atomic E-state index is 0.0740. The van der Waals surface area contributed by atoms with E-state index in [-0.39, 0.29) is 17.9 Å². The summed E-state index contributed by atoms with van der Waals surface area (Å²) < 4.78 is 16.5. The van der Waals surface area contributed by atoms with Crippen LogP contribution in [0.5, 0.6) is 5.75 Å². The first kappa shape index (κ1) is 20.9. The smallest absolute Gasteiger partial charge is 0.356 e. The number of nitrogens with zero attached hydrogens (tertiary/aromatic N) is 2. The molecule has 32 heavy (non-hydrogen) atoms. The summed E-state index contributed by atoms with van der Waals surface area (Å²) in [6.07, 6.45) is 0. The molecule has 1 N–H and O–H groups in total. The van der Waals surface area contributed by atoms with Crippen LogP contribution in [0.2, 0.25) is 0 Å². The molecule has 0 aliphatic carbocycles. The van der Waals surface area contributed by atoms with Gasteiger partial charge in [0.1, 0.15) is 18.1 Å². The number of H-pyrrole nitrogens is 1. The number of nitrogens with one attached hydrogen (secondary N) is 1. The Morgan fingerprint density at radius 3 is 2.50 bits per heavy atom. The normalized spacial score (nSPS) is 10.7. The Kier molecular flexibility index (Phi) is 5.71. The molecule has 4 rings (SSSR count). The van der Waals surface area contributed by atoms with Crippen molar-refractivity contribution in [2.24, 2.45) is 0 Å². The average Bonchev–Trinajstić information content (AvgIpc) is 3.27. The molecule has 4 aromatic rings. The Morgan fingerprint density at radius 2 is 1.78 bits per heavy atom. The van der Waals surface area contributed by atoms with Gasteiger partial charge in [-0.15, -0.1) is 0 Å². The highest BCUT2D eigenvalue weighted by Gasteiger charge is 2.16. The third-order valence-corrected chi connectivity index (χ3v) is 4.81. The van der Waals surface area contributed by atoms with Crippen LogP contribution in [0.25, 0.3) is 16.9 Å². The summed E-state index contributed by atoms with van der Waals surface area (Å²) in [5.74, 6) is -0.796. The van der Waals surface area contributed by atoms with E-state index in [0.717, 1.165) is 5.56 Å². The van der Waals surface area contributed by atoms with Crippen LogP contribution >= 0.6 is 0 Å². The van der Waals surface area contributed by atoms with Crippen molar-refractivity contribution in [1.29, 1.82) is 0 Å². The molecule has 2 aromatic carbocycles. The van der Waals surface area contributed by atoms with E-state index < -0.39 is 11.9 Å². The SMILES string of the molecule is COC(=O)c1ccc(COC(=O)c2cc3nc(-c4ccccc4)cc(=O)n3[nH]2)c(OC)c1. The number of hydrogen-bond acceptors (Lipinski definition) is 7. The summed E-state index contributed by atoms with van der Waals surface area (Å²) in [6, 6.07) is 16.8. The summed E-state index contributed by atoms with van der Waals surface area (Å²) in [4.78, 5) is 41.2. The second-order valence-electron chi connectivity index (χ2n) is 6.80. The minimum atomic E-state index is -0.671. The Morgan fingerprint density at radius 1 is 1.00 bits per heavy atom. The van der Waals surface area contributed by atoms with Crippen LogP contribution in [0, 0.1) is 0 Å². The lowest BCUT2D eigenvalue weighted by atomic mass is 10.1. The number of hydrogen-bond donors (Lipinski definition) is 1. The fourth-order valence-electron chi connectivity index (χ4n) is 3.18. The minimum Gasteiger partial charge on any atom is -0.496 e. The predicted octanol–water partition coefficient (Wildman–Crippen LogP) is 2.84. The fraction of sp³-hybridized carbons (Fsp3) is 0.130. The number of aromatic amines is 1. The zero-order valence-electron chi connectivity index (χ0n) is 17.3. The number of fused-ring (bicyclic) bond motifs is 1. The van der Waals surface area contributed by atoms with Crippen molar-refractivity contribution >= 4 is 17.6 Å². The van der Waals surface area contributed by atoms with E-state index >= 15 is 0 Å². The Bertz CT molecular complexity index is 1360. The van der Waals surface area contributed by atoms with Crippen molar-refractivity contribution in [3.8, 4) is 17.0 Å². The Labute approximate surface area is 182 Å². The zero-order chi connectivity index (χ0) is 22.7. The number of aromatic nitrogens is 3. The van der Waals surface area contributed by atoms with Gasteiger partial charge in [-0.1, -0.05) is 36.4 Å². The van der Waals surface area contributed by atoms with Gasteiger partial charge in [0.15, 0.2) is 5.65 Å². The van der Waals surface area contributed by atoms with Crippen molar-refractivity contribution in [2.75, 3.05) is 14.2 Å². The molecule has 2 heterocycles. The maximum atomic E-state index is 12.6. The largest absolute Gasteiger partial charge is 0.496 e. The highest BCUT2D eigenvalue weighted by Crippen LogP contribution is 2.22. The molecule has 0 spiro atoms. The first-order chi connectivity index (χ1) is 15.5. The lowest BCUT2D eigenvalue weighted by molar-refractivity contribution is 0.0461. The van der Waals surface area contributed by atoms with Gasteiger partial charge in [-0.2, -0.15) is 0 Å². The molecule has 0 radical (unpaired) electrons. The summed E-state index contributed by atoms with van der Waals surface area (Å²) in [5, 5.41) is 2.71. The number of rotatable bonds is 6. The number of esters is 2. The quantitative estimate of drug-likeness (QED) is 0.465. The Balaban J connectivity index is 1.55. The average molecular weight is 433 g/mol. The zero-order valence-corrected chi connectivity index (χ0v) is 17.3. The molecular formula is C23H19N3O6. The van der Waals surface area contributed by atoms with E-state index in [2.05, 4.69) is 14.8 Å². The van der Waals surface area contributed by atoms with Crippen LogP contribution in [-0.2, 0) is 16.1 Å². The number of carbonyl (C=O) groups excluding carboxylic acids is 2. The number of benzene rings is 2. The molecule has 0 saturated carbocycles. The first-order valence-electron chi connectivity index (χ1n) is 9.60. The molecule has 0 aliphatic rings. The summed E-state index contributed by atoms with van der Waals surface area (Å²) >= 11 is 0. The second-order valence-corrected chi connectivity index (χ2v) is 6.80. The van der Waals surface area contributed by atoms with E-state index in [1.807, 2.05) is 30.3 Å². The molecule has 162 valence electrons. The van der Waals surface area contributed by atoms with Crippen LogP contribution < -0.4 is 10.3 Å². The van der Waals surface area contributed by atoms with Gasteiger partial charge >= 0.3 is 11.9 Å². The molecule has 9 heteroatoms. The van der Waals surface area contributed by atoms with E-state index in [9.17, 15) is 14.4 Å². The highest BCUT2D eigenvalue weighted by molar-refractivity contribution is 5.90. The van der Waals surface area contributed by atoms with Crippen molar-refractivity contribution in [3.63, 3.8) is 0 Å². The maximum absolute atomic E-state index is 12.6. The molecule has 0 unspecified atom stereocenters. The predicted molar refractivity (Wildman–Crippen MR) is 115 cm³/mol. The number of ether oxygens (including phenoxy) is 3. The van der Waals surface area contributed by atoms with Crippen LogP contribution in [0.4, 0.5) is 0 Å². The molecule has 0 fully saturated rings. The fourth-order valence-corrected chi connectivity index (χ4v) is 3.18. The first-order valence-corrected chi connectivity index (χ1v) is 9.60. The maximum Gasteiger partial charge on any atom is 0.356 e. The second kappa shape index (κ2) is 8.76. The molecule has 0 bridgehead atoms. The number of carbonyl (C=O) groups is 2. The van der Waals surface area contributed by atoms with E-state index in [1.165, 1.54) is 36.9 Å². The monoisotopic (exact) mass is 433 g/mol. The summed E-state index contributed by atoms with van der Waals surface area (Å²) in [6.45, 7) is -0.101. The third kappa shape index (κ3) is 4.08. The van der Waals surface area contributed by atoms with E-state index in [0.29, 0.717) is 28.2 Å². The Hall–Kier alpha value is -4.40. The third-order valence-electron chi connectivity index (χ3n) is 4.81. The molecule has 9 nitrogen and oxygen atoms in total. The number of methoxy groups -OCH3 is 2. The molecule has 0 aliphatic heterocycles. The summed E-state index contributed by atoms with van der Waals surface area (Å²) in [7, 11) is 2.73. The van der Waals surface area contributed by atoms with Gasteiger partial charge in [0, 0.05) is 23.3 Å².